The molecule has 0 unspecified atom stereocenters. The molecule has 4 rings (SSSR count). The minimum absolute atomic E-state index is 0. The number of aromatic nitrogens is 6. The van der Waals surface area contributed by atoms with E-state index in [2.05, 4.69) is 45.9 Å². The normalized spacial score (nSPS) is 11.8. The number of nitrogens with one attached hydrogen (secondary N) is 3. The molecule has 4 aromatic rings. The summed E-state index contributed by atoms with van der Waals surface area (Å²) in [6.45, 7) is 5.19. The van der Waals surface area contributed by atoms with Gasteiger partial charge in [0.25, 0.3) is 0 Å². The van der Waals surface area contributed by atoms with Gasteiger partial charge < -0.3 is 83.7 Å². The third-order valence-corrected chi connectivity index (χ3v) is 14.8. The zero-order valence-corrected chi connectivity index (χ0v) is 48.2. The van der Waals surface area contributed by atoms with Gasteiger partial charge in [-0.1, -0.05) is 24.3 Å². The molecule has 2 aromatic heterocycles. The van der Waals surface area contributed by atoms with Gasteiger partial charge in [0.2, 0.25) is 35.7 Å². The van der Waals surface area contributed by atoms with Crippen molar-refractivity contribution in [2.24, 2.45) is 0 Å². The molecule has 2 aromatic carbocycles. The van der Waals surface area contributed by atoms with E-state index in [-0.39, 0.29) is 196 Å². The summed E-state index contributed by atoms with van der Waals surface area (Å²) < 4.78 is 93.9. The van der Waals surface area contributed by atoms with Crippen LogP contribution in [0.15, 0.2) is 46.2 Å². The molecule has 0 amide bonds. The second-order valence-corrected chi connectivity index (χ2v) is 20.3. The largest absolute Gasteiger partial charge is 1.00 e. The molecule has 2 heterocycles. The first-order valence-electron chi connectivity index (χ1n) is 22.5. The average Bonchev–Trinajstić information content (AvgIpc) is 3.32. The fraction of sp³-hybridized carbons (Fsp3) is 0.512. The van der Waals surface area contributed by atoms with Crippen LogP contribution in [0.4, 0.5) is 47.1 Å². The van der Waals surface area contributed by atoms with Gasteiger partial charge in [-0.2, -0.15) is 29.9 Å². The molecule has 32 heteroatoms. The molecule has 0 saturated carbocycles. The van der Waals surface area contributed by atoms with Crippen LogP contribution in [0.3, 0.4) is 0 Å². The number of aliphatic hydroxyl groups is 6. The summed E-state index contributed by atoms with van der Waals surface area (Å²) in [6.07, 6.45) is 2.79. The van der Waals surface area contributed by atoms with Gasteiger partial charge in [-0.3, -0.25) is 0 Å². The summed E-state index contributed by atoms with van der Waals surface area (Å²) in [5, 5.41) is 66.8. The maximum atomic E-state index is 12.7. The predicted octanol–water partition coefficient (Wildman–Crippen LogP) is -6.25. The van der Waals surface area contributed by atoms with Gasteiger partial charge in [0.1, 0.15) is 20.2 Å². The summed E-state index contributed by atoms with van der Waals surface area (Å²) in [5.74, 6) is -0.228. The molecular weight excluding hydrogens is 1040 g/mol. The van der Waals surface area contributed by atoms with Gasteiger partial charge in [-0.15, -0.1) is 0 Å². The van der Waals surface area contributed by atoms with E-state index < -0.39 is 38.8 Å². The van der Waals surface area contributed by atoms with Crippen LogP contribution in [-0.2, 0) is 33.5 Å². The van der Waals surface area contributed by atoms with Crippen LogP contribution < -0.4 is 89.8 Å². The van der Waals surface area contributed by atoms with E-state index >= 15 is 0 Å². The van der Waals surface area contributed by atoms with Crippen molar-refractivity contribution in [2.45, 2.75) is 43.0 Å². The Labute approximate surface area is 469 Å². The molecule has 394 valence electrons. The SMILES string of the molecule is CCO[Si](CCCNc1nc(Nc2ccc(/C=C/c3ccc(Nc4nc(N(CCO)CCO)nc(N(CCO)CCO)n4)cc3S(=O)(=O)[O-])c(S(=O)(=O)[O-])c2)nc(N(CCO)CCO)n1)(OCC)OCC.[Na+].[Na+]. The van der Waals surface area contributed by atoms with E-state index in [0.717, 1.165) is 24.3 Å². The van der Waals surface area contributed by atoms with Crippen molar-refractivity contribution in [1.82, 2.24) is 29.9 Å². The molecule has 27 nitrogen and oxygen atoms in total. The Hall–Kier alpha value is -3.32. The van der Waals surface area contributed by atoms with E-state index in [0.29, 0.717) is 38.8 Å². The van der Waals surface area contributed by atoms with E-state index in [1.807, 2.05) is 20.8 Å². The third-order valence-electron chi connectivity index (χ3n) is 9.86. The number of rotatable bonds is 34. The summed E-state index contributed by atoms with van der Waals surface area (Å²) in [5.41, 5.74) is -0.345. The minimum atomic E-state index is -5.23. The summed E-state index contributed by atoms with van der Waals surface area (Å²) in [6, 6.07) is 7.71. The molecule has 0 radical (unpaired) electrons. The van der Waals surface area contributed by atoms with Crippen LogP contribution in [-0.4, -0.2) is 201 Å². The second kappa shape index (κ2) is 33.0. The van der Waals surface area contributed by atoms with Crippen LogP contribution in [0.5, 0.6) is 0 Å². The molecule has 0 aliphatic heterocycles. The van der Waals surface area contributed by atoms with Crippen molar-refractivity contribution >= 4 is 88.3 Å². The molecule has 0 aliphatic rings. The Morgan fingerprint density at radius 1 is 0.548 bits per heavy atom. The molecule has 0 saturated heterocycles. The first-order valence-corrected chi connectivity index (χ1v) is 27.2. The van der Waals surface area contributed by atoms with E-state index in [4.69, 9.17) is 13.3 Å². The van der Waals surface area contributed by atoms with Crippen molar-refractivity contribution in [3.8, 4) is 0 Å². The molecule has 0 aliphatic carbocycles. The van der Waals surface area contributed by atoms with Gasteiger partial charge >= 0.3 is 67.9 Å². The van der Waals surface area contributed by atoms with Crippen LogP contribution in [0.1, 0.15) is 38.3 Å². The van der Waals surface area contributed by atoms with Crippen LogP contribution in [0.2, 0.25) is 6.04 Å². The Kier molecular flexibility index (Phi) is 29.7. The number of aliphatic hydroxyl groups excluding tert-OH is 6. The standard InChI is InChI=1S/C41H64N12O15S2Si.2Na/c1-4-66-71(67-5-2,68-6-3)27-7-14-42-36-45-37(47-39(46-36)51(15-21-54)16-22-55)43-32-12-10-30(34(28-32)69(60,61)62)8-9-31-11-13-33(29-35(31)70(63,64)65)44-38-48-40(52(17-23-56)18-24-57)50-41(49-38)53(19-25-58)20-26-59;;/h8-13,28-29,54-59H,4-7,14-27H2,1-3H3,(H,60,61,62)(H,63,64,65)(H,44,48,49,50)(H2,42,43,45,46,47);;/q;2*+1/p-2/b9-8+;;. The van der Waals surface area contributed by atoms with E-state index in [1.54, 1.807) is 0 Å². The summed E-state index contributed by atoms with van der Waals surface area (Å²) in [4.78, 5) is 29.2. The number of hydrogen-bond donors (Lipinski definition) is 9. The summed E-state index contributed by atoms with van der Waals surface area (Å²) in [7, 11) is -13.4. The van der Waals surface area contributed by atoms with Crippen molar-refractivity contribution in [3.63, 3.8) is 0 Å². The van der Waals surface area contributed by atoms with E-state index in [1.165, 1.54) is 39.0 Å². The number of anilines is 8. The molecule has 0 spiro atoms. The van der Waals surface area contributed by atoms with Gasteiger partial charge in [0.15, 0.2) is 0 Å². The molecular formula is C41H62N12Na2O15S2Si. The maximum Gasteiger partial charge on any atom is 1.00 e. The smallest absolute Gasteiger partial charge is 0.744 e. The molecule has 0 fully saturated rings. The quantitative estimate of drug-likeness (QED) is 0.00909. The number of benzene rings is 2. The number of nitrogens with zero attached hydrogens (tertiary/aromatic N) is 9. The van der Waals surface area contributed by atoms with Crippen molar-refractivity contribution in [2.75, 3.05) is 136 Å². The Balaban J connectivity index is 0.00000913. The van der Waals surface area contributed by atoms with Crippen LogP contribution in [0, 0.1) is 0 Å². The van der Waals surface area contributed by atoms with Gasteiger partial charge in [-0.25, -0.2) is 16.8 Å². The molecule has 73 heavy (non-hydrogen) atoms. The minimum Gasteiger partial charge on any atom is -0.744 e. The second-order valence-electron chi connectivity index (χ2n) is 14.9. The monoisotopic (exact) mass is 1100 g/mol. The van der Waals surface area contributed by atoms with Gasteiger partial charge in [0, 0.05) is 83.1 Å². The molecule has 9 N–H and O–H groups in total. The zero-order valence-electron chi connectivity index (χ0n) is 41.5. The Morgan fingerprint density at radius 3 is 1.23 bits per heavy atom. The predicted molar refractivity (Wildman–Crippen MR) is 262 cm³/mol. The zero-order chi connectivity index (χ0) is 52.0. The van der Waals surface area contributed by atoms with Gasteiger partial charge in [0.05, 0.1) is 49.4 Å². The molecule has 0 bridgehead atoms. The topological polar surface area (TPSA) is 387 Å². The Bertz CT molecular complexity index is 2500. The van der Waals surface area contributed by atoms with Gasteiger partial charge in [-0.05, 0) is 62.6 Å². The first kappa shape index (κ1) is 65.8. The van der Waals surface area contributed by atoms with Crippen molar-refractivity contribution < 1.29 is 129 Å². The Morgan fingerprint density at radius 2 is 0.890 bits per heavy atom. The first-order chi connectivity index (χ1) is 34.0. The van der Waals surface area contributed by atoms with Crippen LogP contribution in [0.25, 0.3) is 12.2 Å². The average molecular weight is 1100 g/mol. The third kappa shape index (κ3) is 20.6. The van der Waals surface area contributed by atoms with Crippen LogP contribution >= 0.6 is 0 Å². The maximum absolute atomic E-state index is 12.7. The van der Waals surface area contributed by atoms with Crippen molar-refractivity contribution in [3.05, 3.63) is 47.5 Å². The van der Waals surface area contributed by atoms with E-state index in [9.17, 15) is 56.6 Å². The molecule has 0 atom stereocenters. The fourth-order valence-electron chi connectivity index (χ4n) is 6.87. The number of hydrogen-bond acceptors (Lipinski definition) is 27. The fourth-order valence-corrected chi connectivity index (χ4v) is 10.9. The summed E-state index contributed by atoms with van der Waals surface area (Å²) >= 11 is 0. The van der Waals surface area contributed by atoms with Crippen molar-refractivity contribution in [1.29, 1.82) is 0 Å².